The molecule has 14 heavy (non-hydrogen) atoms. The number of rotatable bonds is 3. The predicted molar refractivity (Wildman–Crippen MR) is 55.7 cm³/mol. The minimum atomic E-state index is 0.552. The van der Waals surface area contributed by atoms with Gasteiger partial charge in [-0.05, 0) is 24.1 Å². The first-order chi connectivity index (χ1) is 6.85. The zero-order valence-electron chi connectivity index (χ0n) is 8.27. The van der Waals surface area contributed by atoms with Crippen molar-refractivity contribution in [3.63, 3.8) is 0 Å². The molecule has 0 saturated carbocycles. The smallest absolute Gasteiger partial charge is 0.113 e. The molecule has 2 aromatic rings. The maximum absolute atomic E-state index is 5.55. The molecule has 74 valence electrons. The first-order valence-electron chi connectivity index (χ1n) is 4.87. The Labute approximate surface area is 82.7 Å². The third-order valence-corrected chi connectivity index (χ3v) is 2.25. The minimum absolute atomic E-state index is 0.552. The lowest BCUT2D eigenvalue weighted by Crippen LogP contribution is -1.99. The van der Waals surface area contributed by atoms with E-state index in [9.17, 15) is 0 Å². The molecule has 0 aliphatic carbocycles. The molecule has 2 N–H and O–H groups in total. The molecule has 1 aromatic carbocycles. The van der Waals surface area contributed by atoms with Crippen LogP contribution in [-0.2, 0) is 13.1 Å². The Morgan fingerprint density at radius 1 is 1.43 bits per heavy atom. The fourth-order valence-corrected chi connectivity index (χ4v) is 1.52. The number of hydrogen-bond donors (Lipinski definition) is 1. The van der Waals surface area contributed by atoms with Crippen LogP contribution in [0.15, 0.2) is 18.2 Å². The van der Waals surface area contributed by atoms with E-state index in [1.54, 1.807) is 0 Å². The van der Waals surface area contributed by atoms with Crippen LogP contribution >= 0.6 is 0 Å². The van der Waals surface area contributed by atoms with Crippen molar-refractivity contribution in [3.8, 4) is 0 Å². The van der Waals surface area contributed by atoms with E-state index in [1.165, 1.54) is 0 Å². The number of aryl methyl sites for hydroxylation is 1. The topological polar surface area (TPSA) is 56.7 Å². The summed E-state index contributed by atoms with van der Waals surface area (Å²) in [6, 6.07) is 6.06. The number of nitrogens with two attached hydrogens (primary N) is 1. The molecule has 0 atom stereocenters. The Bertz CT molecular complexity index is 433. The quantitative estimate of drug-likeness (QED) is 0.793. The lowest BCUT2D eigenvalue weighted by molar-refractivity contribution is 0.596. The lowest BCUT2D eigenvalue weighted by atomic mass is 10.2. The van der Waals surface area contributed by atoms with Gasteiger partial charge in [0.2, 0.25) is 0 Å². The van der Waals surface area contributed by atoms with Crippen molar-refractivity contribution in [1.29, 1.82) is 0 Å². The largest absolute Gasteiger partial charge is 0.326 e. The summed E-state index contributed by atoms with van der Waals surface area (Å²) < 4.78 is 1.93. The molecule has 0 aliphatic rings. The average molecular weight is 190 g/mol. The highest BCUT2D eigenvalue weighted by Gasteiger charge is 2.03. The van der Waals surface area contributed by atoms with Crippen molar-refractivity contribution < 1.29 is 0 Å². The van der Waals surface area contributed by atoms with Gasteiger partial charge in [-0.2, -0.15) is 0 Å². The van der Waals surface area contributed by atoms with E-state index in [0.717, 1.165) is 29.6 Å². The van der Waals surface area contributed by atoms with E-state index in [2.05, 4.69) is 17.2 Å². The molecule has 0 unspecified atom stereocenters. The molecule has 2 rings (SSSR count). The van der Waals surface area contributed by atoms with Crippen molar-refractivity contribution in [3.05, 3.63) is 23.8 Å². The second-order valence-corrected chi connectivity index (χ2v) is 3.34. The van der Waals surface area contributed by atoms with Gasteiger partial charge in [0.25, 0.3) is 0 Å². The number of benzene rings is 1. The Morgan fingerprint density at radius 2 is 2.29 bits per heavy atom. The van der Waals surface area contributed by atoms with Gasteiger partial charge in [0.15, 0.2) is 0 Å². The molecule has 0 radical (unpaired) electrons. The third kappa shape index (κ3) is 1.48. The van der Waals surface area contributed by atoms with Gasteiger partial charge < -0.3 is 5.73 Å². The number of aromatic nitrogens is 3. The van der Waals surface area contributed by atoms with E-state index >= 15 is 0 Å². The van der Waals surface area contributed by atoms with Gasteiger partial charge >= 0.3 is 0 Å². The van der Waals surface area contributed by atoms with Gasteiger partial charge in [0.1, 0.15) is 5.52 Å². The number of nitrogens with zero attached hydrogens (tertiary/aromatic N) is 3. The van der Waals surface area contributed by atoms with Gasteiger partial charge in [-0.25, -0.2) is 4.68 Å². The zero-order valence-corrected chi connectivity index (χ0v) is 8.27. The van der Waals surface area contributed by atoms with E-state index in [0.29, 0.717) is 6.54 Å². The van der Waals surface area contributed by atoms with Crippen LogP contribution in [0.5, 0.6) is 0 Å². The maximum atomic E-state index is 5.55. The standard InChI is InChI=1S/C10H14N4/c1-2-5-14-10-4-3-8(7-11)6-9(10)12-13-14/h3-4,6H,2,5,7,11H2,1H3. The van der Waals surface area contributed by atoms with Crippen LogP contribution in [0.2, 0.25) is 0 Å². The molecule has 0 amide bonds. The van der Waals surface area contributed by atoms with Crippen molar-refractivity contribution in [2.45, 2.75) is 26.4 Å². The number of hydrogen-bond acceptors (Lipinski definition) is 3. The van der Waals surface area contributed by atoms with Gasteiger partial charge in [-0.15, -0.1) is 5.10 Å². The summed E-state index contributed by atoms with van der Waals surface area (Å²) >= 11 is 0. The van der Waals surface area contributed by atoms with Gasteiger partial charge in [-0.1, -0.05) is 18.2 Å². The van der Waals surface area contributed by atoms with Crippen molar-refractivity contribution >= 4 is 11.0 Å². The van der Waals surface area contributed by atoms with Crippen LogP contribution < -0.4 is 5.73 Å². The van der Waals surface area contributed by atoms with Crippen LogP contribution in [0.25, 0.3) is 11.0 Å². The normalized spacial score (nSPS) is 11.0. The molecule has 0 aliphatic heterocycles. The van der Waals surface area contributed by atoms with Crippen LogP contribution in [0.4, 0.5) is 0 Å². The summed E-state index contributed by atoms with van der Waals surface area (Å²) in [5.41, 5.74) is 8.67. The molecular weight excluding hydrogens is 176 g/mol. The lowest BCUT2D eigenvalue weighted by Gasteiger charge is -1.99. The van der Waals surface area contributed by atoms with Gasteiger partial charge in [0.05, 0.1) is 5.52 Å². The predicted octanol–water partition coefficient (Wildman–Crippen LogP) is 1.30. The Morgan fingerprint density at radius 3 is 3.00 bits per heavy atom. The summed E-state index contributed by atoms with van der Waals surface area (Å²) in [6.07, 6.45) is 1.07. The molecule has 0 saturated heterocycles. The van der Waals surface area contributed by atoms with Crippen molar-refractivity contribution in [2.24, 2.45) is 5.73 Å². The molecule has 4 nitrogen and oxygen atoms in total. The van der Waals surface area contributed by atoms with Crippen LogP contribution in [0.3, 0.4) is 0 Å². The highest BCUT2D eigenvalue weighted by molar-refractivity contribution is 5.74. The minimum Gasteiger partial charge on any atom is -0.326 e. The Balaban J connectivity index is 2.48. The van der Waals surface area contributed by atoms with Crippen LogP contribution in [-0.4, -0.2) is 15.0 Å². The fraction of sp³-hybridized carbons (Fsp3) is 0.400. The van der Waals surface area contributed by atoms with E-state index < -0.39 is 0 Å². The average Bonchev–Trinajstić information content (AvgIpc) is 2.61. The van der Waals surface area contributed by atoms with Crippen molar-refractivity contribution in [1.82, 2.24) is 15.0 Å². The van der Waals surface area contributed by atoms with Crippen LogP contribution in [0, 0.1) is 0 Å². The van der Waals surface area contributed by atoms with Crippen molar-refractivity contribution in [2.75, 3.05) is 0 Å². The fourth-order valence-electron chi connectivity index (χ4n) is 1.52. The molecule has 0 spiro atoms. The molecule has 4 heteroatoms. The Hall–Kier alpha value is -1.42. The maximum Gasteiger partial charge on any atom is 0.113 e. The second kappa shape index (κ2) is 3.75. The molecule has 0 fully saturated rings. The van der Waals surface area contributed by atoms with E-state index in [-0.39, 0.29) is 0 Å². The highest BCUT2D eigenvalue weighted by Crippen LogP contribution is 2.13. The van der Waals surface area contributed by atoms with Crippen LogP contribution in [0.1, 0.15) is 18.9 Å². The summed E-state index contributed by atoms with van der Waals surface area (Å²) in [5.74, 6) is 0. The molecular formula is C10H14N4. The second-order valence-electron chi connectivity index (χ2n) is 3.34. The molecule has 1 aromatic heterocycles. The van der Waals surface area contributed by atoms with E-state index in [4.69, 9.17) is 5.73 Å². The number of fused-ring (bicyclic) bond motifs is 1. The summed E-state index contributed by atoms with van der Waals surface area (Å²) in [5, 5.41) is 8.19. The molecule has 1 heterocycles. The highest BCUT2D eigenvalue weighted by atomic mass is 15.4. The molecule has 0 bridgehead atoms. The first-order valence-corrected chi connectivity index (χ1v) is 4.87. The van der Waals surface area contributed by atoms with E-state index in [1.807, 2.05) is 22.9 Å². The van der Waals surface area contributed by atoms with Gasteiger partial charge in [0, 0.05) is 13.1 Å². The Kier molecular flexibility index (Phi) is 2.45. The SMILES string of the molecule is CCCn1nnc2cc(CN)ccc21. The third-order valence-electron chi connectivity index (χ3n) is 2.25. The summed E-state index contributed by atoms with van der Waals surface area (Å²) in [7, 11) is 0. The monoisotopic (exact) mass is 190 g/mol. The summed E-state index contributed by atoms with van der Waals surface area (Å²) in [4.78, 5) is 0. The zero-order chi connectivity index (χ0) is 9.97. The van der Waals surface area contributed by atoms with Gasteiger partial charge in [-0.3, -0.25) is 0 Å². The first kappa shape index (κ1) is 9.15. The summed E-state index contributed by atoms with van der Waals surface area (Å²) in [6.45, 7) is 3.59.